The number of carbonyl (C=O) groups excluding carboxylic acids is 1. The van der Waals surface area contributed by atoms with Gasteiger partial charge >= 0.3 is 0 Å². The minimum atomic E-state index is -0.569. The van der Waals surface area contributed by atoms with E-state index in [0.717, 1.165) is 31.4 Å². The van der Waals surface area contributed by atoms with Crippen LogP contribution in [0.2, 0.25) is 0 Å². The second-order valence-electron chi connectivity index (χ2n) is 4.63. The maximum Gasteiger partial charge on any atom is 0.219 e. The van der Waals surface area contributed by atoms with Crippen LogP contribution in [-0.2, 0) is 4.79 Å². The molecule has 1 aliphatic rings. The lowest BCUT2D eigenvalue weighted by Crippen LogP contribution is -2.45. The average Bonchev–Trinajstić information content (AvgIpc) is 2.39. The fraction of sp³-hybridized carbons (Fsp3) is 0.500. The number of piperidine rings is 1. The number of likely N-dealkylation sites (tertiary alicyclic amines) is 1. The topological polar surface area (TPSA) is 40.5 Å². The van der Waals surface area contributed by atoms with Crippen LogP contribution >= 0.6 is 0 Å². The SMILES string of the molecule is CC(=O)N1CCCCC1C(O)c1ccccc1. The highest BCUT2D eigenvalue weighted by molar-refractivity contribution is 5.73. The lowest BCUT2D eigenvalue weighted by atomic mass is 9.93. The van der Waals surface area contributed by atoms with E-state index in [2.05, 4.69) is 0 Å². The summed E-state index contributed by atoms with van der Waals surface area (Å²) < 4.78 is 0. The molecule has 1 aromatic rings. The molecule has 3 heteroatoms. The molecule has 1 N–H and O–H groups in total. The Morgan fingerprint density at radius 3 is 2.71 bits per heavy atom. The van der Waals surface area contributed by atoms with Crippen molar-refractivity contribution < 1.29 is 9.90 Å². The summed E-state index contributed by atoms with van der Waals surface area (Å²) in [5, 5.41) is 10.4. The van der Waals surface area contributed by atoms with Crippen LogP contribution in [0.5, 0.6) is 0 Å². The Bertz CT molecular complexity index is 377. The summed E-state index contributed by atoms with van der Waals surface area (Å²) >= 11 is 0. The molecule has 1 amide bonds. The Balaban J connectivity index is 2.16. The zero-order valence-corrected chi connectivity index (χ0v) is 10.2. The highest BCUT2D eigenvalue weighted by Gasteiger charge is 2.30. The van der Waals surface area contributed by atoms with Gasteiger partial charge in [-0.1, -0.05) is 30.3 Å². The van der Waals surface area contributed by atoms with E-state index >= 15 is 0 Å². The zero-order chi connectivity index (χ0) is 12.3. The molecule has 0 aromatic heterocycles. The zero-order valence-electron chi connectivity index (χ0n) is 10.2. The monoisotopic (exact) mass is 233 g/mol. The summed E-state index contributed by atoms with van der Waals surface area (Å²) in [5.74, 6) is 0.0599. The first-order valence-electron chi connectivity index (χ1n) is 6.20. The molecule has 2 unspecified atom stereocenters. The minimum Gasteiger partial charge on any atom is -0.386 e. The van der Waals surface area contributed by atoms with Crippen molar-refractivity contribution in [3.63, 3.8) is 0 Å². The maximum atomic E-state index is 11.6. The lowest BCUT2D eigenvalue weighted by molar-refractivity contribution is -0.135. The highest BCUT2D eigenvalue weighted by atomic mass is 16.3. The van der Waals surface area contributed by atoms with Crippen molar-refractivity contribution in [1.82, 2.24) is 4.90 Å². The minimum absolute atomic E-state index is 0.0599. The van der Waals surface area contributed by atoms with E-state index in [1.165, 1.54) is 0 Å². The molecule has 0 aliphatic carbocycles. The summed E-state index contributed by atoms with van der Waals surface area (Å²) in [5.41, 5.74) is 0.894. The van der Waals surface area contributed by atoms with E-state index in [0.29, 0.717) is 0 Å². The Kier molecular flexibility index (Phi) is 3.79. The number of hydrogen-bond acceptors (Lipinski definition) is 2. The quantitative estimate of drug-likeness (QED) is 0.850. The summed E-state index contributed by atoms with van der Waals surface area (Å²) in [6.45, 7) is 2.35. The van der Waals surface area contributed by atoms with E-state index in [4.69, 9.17) is 0 Å². The number of benzene rings is 1. The van der Waals surface area contributed by atoms with E-state index in [9.17, 15) is 9.90 Å². The van der Waals surface area contributed by atoms with Crippen molar-refractivity contribution in [2.75, 3.05) is 6.54 Å². The van der Waals surface area contributed by atoms with Gasteiger partial charge in [-0.25, -0.2) is 0 Å². The number of amides is 1. The van der Waals surface area contributed by atoms with E-state index in [1.807, 2.05) is 30.3 Å². The van der Waals surface area contributed by atoms with Crippen molar-refractivity contribution in [2.45, 2.75) is 38.3 Å². The largest absolute Gasteiger partial charge is 0.386 e. The molecule has 3 nitrogen and oxygen atoms in total. The Morgan fingerprint density at radius 1 is 1.35 bits per heavy atom. The lowest BCUT2D eigenvalue weighted by Gasteiger charge is -2.38. The van der Waals surface area contributed by atoms with Crippen molar-refractivity contribution >= 4 is 5.91 Å². The number of carbonyl (C=O) groups is 1. The van der Waals surface area contributed by atoms with E-state index < -0.39 is 6.10 Å². The van der Waals surface area contributed by atoms with Crippen molar-refractivity contribution in [1.29, 1.82) is 0 Å². The molecule has 0 saturated carbocycles. The van der Waals surface area contributed by atoms with Crippen LogP contribution in [0.1, 0.15) is 37.9 Å². The fourth-order valence-electron chi connectivity index (χ4n) is 2.55. The fourth-order valence-corrected chi connectivity index (χ4v) is 2.55. The van der Waals surface area contributed by atoms with Gasteiger partial charge < -0.3 is 10.0 Å². The van der Waals surface area contributed by atoms with E-state index in [-0.39, 0.29) is 11.9 Å². The van der Waals surface area contributed by atoms with Gasteiger partial charge in [0, 0.05) is 13.5 Å². The molecule has 1 heterocycles. The molecule has 1 aromatic carbocycles. The molecule has 0 radical (unpaired) electrons. The standard InChI is InChI=1S/C14H19NO2/c1-11(16)15-10-6-5-9-13(15)14(17)12-7-3-2-4-8-12/h2-4,7-8,13-14,17H,5-6,9-10H2,1H3. The molecular weight excluding hydrogens is 214 g/mol. The van der Waals surface area contributed by atoms with Crippen LogP contribution in [0.3, 0.4) is 0 Å². The normalized spacial score (nSPS) is 22.2. The van der Waals surface area contributed by atoms with Gasteiger partial charge in [0.25, 0.3) is 0 Å². The van der Waals surface area contributed by atoms with Crippen LogP contribution in [-0.4, -0.2) is 28.5 Å². The molecule has 17 heavy (non-hydrogen) atoms. The van der Waals surface area contributed by atoms with Gasteiger partial charge in [-0.3, -0.25) is 4.79 Å². The van der Waals surface area contributed by atoms with Crippen molar-refractivity contribution in [3.8, 4) is 0 Å². The first-order chi connectivity index (χ1) is 8.20. The molecule has 2 atom stereocenters. The Hall–Kier alpha value is -1.35. The van der Waals surface area contributed by atoms with Gasteiger partial charge in [0.2, 0.25) is 5.91 Å². The number of aliphatic hydroxyl groups is 1. The van der Waals surface area contributed by atoms with Gasteiger partial charge in [-0.2, -0.15) is 0 Å². The molecule has 2 rings (SSSR count). The summed E-state index contributed by atoms with van der Waals surface area (Å²) in [4.78, 5) is 13.4. The highest BCUT2D eigenvalue weighted by Crippen LogP contribution is 2.28. The second-order valence-corrected chi connectivity index (χ2v) is 4.63. The van der Waals surface area contributed by atoms with Crippen LogP contribution in [0.25, 0.3) is 0 Å². The molecule has 1 saturated heterocycles. The molecule has 1 fully saturated rings. The van der Waals surface area contributed by atoms with Crippen LogP contribution < -0.4 is 0 Å². The van der Waals surface area contributed by atoms with Crippen molar-refractivity contribution in [2.24, 2.45) is 0 Å². The smallest absolute Gasteiger partial charge is 0.219 e. The van der Waals surface area contributed by atoms with Gasteiger partial charge in [0.05, 0.1) is 12.1 Å². The van der Waals surface area contributed by atoms with E-state index in [1.54, 1.807) is 11.8 Å². The molecule has 1 aliphatic heterocycles. The number of nitrogens with zero attached hydrogens (tertiary/aromatic N) is 1. The Morgan fingerprint density at radius 2 is 2.06 bits per heavy atom. The number of rotatable bonds is 2. The number of aliphatic hydroxyl groups excluding tert-OH is 1. The second kappa shape index (κ2) is 5.32. The van der Waals surface area contributed by atoms with Gasteiger partial charge in [0.1, 0.15) is 0 Å². The molecule has 0 bridgehead atoms. The van der Waals surface area contributed by atoms with Gasteiger partial charge in [0.15, 0.2) is 0 Å². The summed E-state index contributed by atoms with van der Waals surface area (Å²) in [6, 6.07) is 9.53. The third kappa shape index (κ3) is 2.67. The predicted octanol–water partition coefficient (Wildman–Crippen LogP) is 2.12. The molecule has 0 spiro atoms. The Labute approximate surface area is 102 Å². The van der Waals surface area contributed by atoms with Gasteiger partial charge in [-0.15, -0.1) is 0 Å². The predicted molar refractivity (Wildman–Crippen MR) is 66.4 cm³/mol. The average molecular weight is 233 g/mol. The first-order valence-corrected chi connectivity index (χ1v) is 6.20. The first kappa shape index (κ1) is 12.1. The summed E-state index contributed by atoms with van der Waals surface area (Å²) in [6.07, 6.45) is 2.44. The van der Waals surface area contributed by atoms with Crippen molar-refractivity contribution in [3.05, 3.63) is 35.9 Å². The third-order valence-corrected chi connectivity index (χ3v) is 3.46. The number of hydrogen-bond donors (Lipinski definition) is 1. The third-order valence-electron chi connectivity index (χ3n) is 3.46. The van der Waals surface area contributed by atoms with Crippen LogP contribution in [0.4, 0.5) is 0 Å². The molecule has 92 valence electrons. The summed E-state index contributed by atoms with van der Waals surface area (Å²) in [7, 11) is 0. The van der Waals surface area contributed by atoms with Crippen LogP contribution in [0, 0.1) is 0 Å². The van der Waals surface area contributed by atoms with Gasteiger partial charge in [-0.05, 0) is 24.8 Å². The maximum absolute atomic E-state index is 11.6. The molecular formula is C14H19NO2. The van der Waals surface area contributed by atoms with Crippen LogP contribution in [0.15, 0.2) is 30.3 Å².